The van der Waals surface area contributed by atoms with E-state index >= 15 is 0 Å². The van der Waals surface area contributed by atoms with E-state index in [9.17, 15) is 4.79 Å². The number of aromatic nitrogens is 3. The first-order chi connectivity index (χ1) is 8.74. The van der Waals surface area contributed by atoms with Crippen molar-refractivity contribution < 1.29 is 9.53 Å². The summed E-state index contributed by atoms with van der Waals surface area (Å²) in [5, 5.41) is 9.65. The number of nitrogens with one attached hydrogen (secondary N) is 1. The summed E-state index contributed by atoms with van der Waals surface area (Å²) in [6.07, 6.45) is 2.85. The maximum Gasteiger partial charge on any atom is 0.264 e. The summed E-state index contributed by atoms with van der Waals surface area (Å²) in [6.45, 7) is -0.137. The van der Waals surface area contributed by atoms with Crippen LogP contribution in [0.5, 0.6) is 5.75 Å². The van der Waals surface area contributed by atoms with E-state index < -0.39 is 0 Å². The molecule has 7 nitrogen and oxygen atoms in total. The van der Waals surface area contributed by atoms with E-state index in [1.54, 1.807) is 24.3 Å². The zero-order chi connectivity index (χ0) is 12.8. The molecule has 0 fully saturated rings. The molecule has 0 saturated carbocycles. The molecule has 1 heterocycles. The quantitative estimate of drug-likeness (QED) is 0.759. The number of amides is 1. The first kappa shape index (κ1) is 11.8. The molecule has 0 radical (unpaired) electrons. The average molecular weight is 245 g/mol. The van der Waals surface area contributed by atoms with Crippen LogP contribution in [-0.2, 0) is 4.79 Å². The molecular formula is C11H11N5O2. The van der Waals surface area contributed by atoms with Gasteiger partial charge >= 0.3 is 0 Å². The minimum atomic E-state index is -0.361. The number of nitrogen functional groups attached to an aromatic ring is 1. The summed E-state index contributed by atoms with van der Waals surface area (Å²) in [5.41, 5.74) is 6.16. The molecule has 0 aliphatic rings. The van der Waals surface area contributed by atoms with Crippen LogP contribution in [0.3, 0.4) is 0 Å². The molecule has 0 unspecified atom stereocenters. The molecule has 0 atom stereocenters. The van der Waals surface area contributed by atoms with Gasteiger partial charge in [-0.25, -0.2) is 4.98 Å². The lowest BCUT2D eigenvalue weighted by atomic mass is 10.3. The Kier molecular flexibility index (Phi) is 3.65. The predicted molar refractivity (Wildman–Crippen MR) is 64.8 cm³/mol. The molecule has 0 bridgehead atoms. The van der Waals surface area contributed by atoms with Gasteiger partial charge in [-0.05, 0) is 24.3 Å². The van der Waals surface area contributed by atoms with Gasteiger partial charge in [0.2, 0.25) is 5.95 Å². The number of hydrogen-bond acceptors (Lipinski definition) is 6. The van der Waals surface area contributed by atoms with Crippen LogP contribution >= 0.6 is 0 Å². The molecule has 2 rings (SSSR count). The topological polar surface area (TPSA) is 103 Å². The standard InChI is InChI=1S/C11H11N5O2/c12-8-1-3-9(4-2-8)18-7-10(17)15-11-13-5-6-14-16-11/h1-6H,7,12H2,(H,13,15,16,17). The summed E-state index contributed by atoms with van der Waals surface area (Å²) >= 11 is 0. The summed E-state index contributed by atoms with van der Waals surface area (Å²) in [5.74, 6) is 0.342. The Morgan fingerprint density at radius 2 is 2.06 bits per heavy atom. The van der Waals surface area contributed by atoms with Crippen LogP contribution in [0.15, 0.2) is 36.7 Å². The molecular weight excluding hydrogens is 234 g/mol. The Morgan fingerprint density at radius 1 is 1.28 bits per heavy atom. The van der Waals surface area contributed by atoms with Crippen molar-refractivity contribution in [3.63, 3.8) is 0 Å². The number of carbonyl (C=O) groups is 1. The van der Waals surface area contributed by atoms with E-state index in [0.29, 0.717) is 11.4 Å². The fourth-order valence-electron chi connectivity index (χ4n) is 1.18. The monoisotopic (exact) mass is 245 g/mol. The van der Waals surface area contributed by atoms with E-state index in [-0.39, 0.29) is 18.5 Å². The smallest absolute Gasteiger partial charge is 0.264 e. The SMILES string of the molecule is Nc1ccc(OCC(=O)Nc2nccnn2)cc1. The molecule has 1 aromatic carbocycles. The van der Waals surface area contributed by atoms with Crippen molar-refractivity contribution in [2.75, 3.05) is 17.7 Å². The van der Waals surface area contributed by atoms with E-state index in [2.05, 4.69) is 20.5 Å². The number of rotatable bonds is 4. The van der Waals surface area contributed by atoms with E-state index in [1.165, 1.54) is 12.4 Å². The van der Waals surface area contributed by atoms with Crippen LogP contribution in [-0.4, -0.2) is 27.7 Å². The largest absolute Gasteiger partial charge is 0.484 e. The van der Waals surface area contributed by atoms with Gasteiger partial charge in [0.25, 0.3) is 5.91 Å². The molecule has 3 N–H and O–H groups in total. The highest BCUT2D eigenvalue weighted by atomic mass is 16.5. The van der Waals surface area contributed by atoms with Gasteiger partial charge < -0.3 is 10.5 Å². The maximum absolute atomic E-state index is 11.5. The number of nitrogens with two attached hydrogens (primary N) is 1. The summed E-state index contributed by atoms with van der Waals surface area (Å²) in [6, 6.07) is 6.75. The first-order valence-electron chi connectivity index (χ1n) is 5.16. The van der Waals surface area contributed by atoms with Gasteiger partial charge in [-0.1, -0.05) is 0 Å². The van der Waals surface area contributed by atoms with Gasteiger partial charge in [0.05, 0.1) is 12.4 Å². The molecule has 0 aliphatic heterocycles. The van der Waals surface area contributed by atoms with E-state index in [4.69, 9.17) is 10.5 Å². The Labute approximate surface area is 103 Å². The molecule has 7 heteroatoms. The van der Waals surface area contributed by atoms with Crippen LogP contribution in [0.4, 0.5) is 11.6 Å². The lowest BCUT2D eigenvalue weighted by Gasteiger charge is -2.06. The molecule has 1 amide bonds. The third-order valence-electron chi connectivity index (χ3n) is 1.98. The lowest BCUT2D eigenvalue weighted by molar-refractivity contribution is -0.118. The second-order valence-electron chi connectivity index (χ2n) is 3.37. The van der Waals surface area contributed by atoms with Crippen LogP contribution in [0.1, 0.15) is 0 Å². The predicted octanol–water partition coefficient (Wildman–Crippen LogP) is 0.471. The van der Waals surface area contributed by atoms with Gasteiger partial charge in [0.15, 0.2) is 6.61 Å². The summed E-state index contributed by atoms with van der Waals surface area (Å²) in [4.78, 5) is 15.3. The zero-order valence-corrected chi connectivity index (χ0v) is 9.41. The Hall–Kier alpha value is -2.70. The minimum Gasteiger partial charge on any atom is -0.484 e. The fraction of sp³-hybridized carbons (Fsp3) is 0.0909. The molecule has 92 valence electrons. The van der Waals surface area contributed by atoms with Gasteiger partial charge in [-0.2, -0.15) is 5.10 Å². The molecule has 18 heavy (non-hydrogen) atoms. The van der Waals surface area contributed by atoms with Crippen molar-refractivity contribution in [1.29, 1.82) is 0 Å². The van der Waals surface area contributed by atoms with Crippen molar-refractivity contribution >= 4 is 17.5 Å². The number of benzene rings is 1. The van der Waals surface area contributed by atoms with Crippen LogP contribution in [0.2, 0.25) is 0 Å². The highest BCUT2D eigenvalue weighted by molar-refractivity contribution is 5.90. The molecule has 2 aromatic rings. The van der Waals surface area contributed by atoms with Gasteiger partial charge in [-0.3, -0.25) is 10.1 Å². The first-order valence-corrected chi connectivity index (χ1v) is 5.16. The van der Waals surface area contributed by atoms with E-state index in [0.717, 1.165) is 0 Å². The second kappa shape index (κ2) is 5.58. The summed E-state index contributed by atoms with van der Waals surface area (Å²) in [7, 11) is 0. The third kappa shape index (κ3) is 3.41. The maximum atomic E-state index is 11.5. The number of nitrogens with zero attached hydrogens (tertiary/aromatic N) is 3. The average Bonchev–Trinajstić information content (AvgIpc) is 2.39. The molecule has 0 spiro atoms. The summed E-state index contributed by atoms with van der Waals surface area (Å²) < 4.78 is 5.25. The van der Waals surface area contributed by atoms with Gasteiger partial charge in [0, 0.05) is 5.69 Å². The van der Waals surface area contributed by atoms with Crippen LogP contribution < -0.4 is 15.8 Å². The number of carbonyl (C=O) groups excluding carboxylic acids is 1. The fourth-order valence-corrected chi connectivity index (χ4v) is 1.18. The van der Waals surface area contributed by atoms with Crippen molar-refractivity contribution in [2.24, 2.45) is 0 Å². The minimum absolute atomic E-state index is 0.137. The highest BCUT2D eigenvalue weighted by Gasteiger charge is 2.05. The van der Waals surface area contributed by atoms with Crippen LogP contribution in [0.25, 0.3) is 0 Å². The van der Waals surface area contributed by atoms with Gasteiger partial charge in [0.1, 0.15) is 5.75 Å². The number of anilines is 2. The van der Waals surface area contributed by atoms with Crippen molar-refractivity contribution in [3.8, 4) is 5.75 Å². The molecule has 0 saturated heterocycles. The van der Waals surface area contributed by atoms with Crippen molar-refractivity contribution in [2.45, 2.75) is 0 Å². The highest BCUT2D eigenvalue weighted by Crippen LogP contribution is 2.12. The number of hydrogen-bond donors (Lipinski definition) is 2. The Bertz CT molecular complexity index is 515. The third-order valence-corrected chi connectivity index (χ3v) is 1.98. The Morgan fingerprint density at radius 3 is 2.72 bits per heavy atom. The van der Waals surface area contributed by atoms with Crippen molar-refractivity contribution in [1.82, 2.24) is 15.2 Å². The van der Waals surface area contributed by atoms with E-state index in [1.807, 2.05) is 0 Å². The zero-order valence-electron chi connectivity index (χ0n) is 9.41. The van der Waals surface area contributed by atoms with Crippen LogP contribution in [0, 0.1) is 0 Å². The Balaban J connectivity index is 1.83. The molecule has 1 aromatic heterocycles. The molecule has 0 aliphatic carbocycles. The normalized spacial score (nSPS) is 9.78. The number of ether oxygens (including phenoxy) is 1. The van der Waals surface area contributed by atoms with Gasteiger partial charge in [-0.15, -0.1) is 5.10 Å². The van der Waals surface area contributed by atoms with Crippen molar-refractivity contribution in [3.05, 3.63) is 36.7 Å². The lowest BCUT2D eigenvalue weighted by Crippen LogP contribution is -2.21. The second-order valence-corrected chi connectivity index (χ2v) is 3.37.